The number of hydrogen-bond acceptors (Lipinski definition) is 5. The minimum absolute atomic E-state index is 0.0980. The molecule has 0 atom stereocenters. The number of piperidine rings is 1. The van der Waals surface area contributed by atoms with Crippen molar-refractivity contribution in [2.24, 2.45) is 13.0 Å². The Balaban J connectivity index is 1.19. The average Bonchev–Trinajstić information content (AvgIpc) is 3.13. The quantitative estimate of drug-likeness (QED) is 0.608. The van der Waals surface area contributed by atoms with Gasteiger partial charge in [-0.2, -0.15) is 5.10 Å². The van der Waals surface area contributed by atoms with Gasteiger partial charge in [0.2, 0.25) is 5.91 Å². The Morgan fingerprint density at radius 2 is 1.66 bits per heavy atom. The fourth-order valence-electron chi connectivity index (χ4n) is 5.05. The van der Waals surface area contributed by atoms with Gasteiger partial charge in [0.1, 0.15) is 5.52 Å². The summed E-state index contributed by atoms with van der Waals surface area (Å²) >= 11 is 6.01. The Kier molecular flexibility index (Phi) is 5.67. The molecular weight excluding hydrogens is 424 g/mol. The van der Waals surface area contributed by atoms with Gasteiger partial charge >= 0.3 is 0 Å². The van der Waals surface area contributed by atoms with Crippen molar-refractivity contribution in [2.75, 3.05) is 49.1 Å². The van der Waals surface area contributed by atoms with Crippen molar-refractivity contribution in [2.45, 2.75) is 19.8 Å². The molecule has 0 bridgehead atoms. The van der Waals surface area contributed by atoms with Gasteiger partial charge in [0.05, 0.1) is 5.69 Å². The zero-order chi connectivity index (χ0) is 22.2. The lowest BCUT2D eigenvalue weighted by atomic mass is 9.94. The number of hydrogen-bond donors (Lipinski definition) is 0. The topological polar surface area (TPSA) is 57.5 Å². The Labute approximate surface area is 193 Å². The molecule has 32 heavy (non-hydrogen) atoms. The Morgan fingerprint density at radius 1 is 0.969 bits per heavy atom. The molecule has 1 aromatic carbocycles. The van der Waals surface area contributed by atoms with E-state index in [2.05, 4.69) is 24.8 Å². The number of aromatic nitrogens is 3. The lowest BCUT2D eigenvalue weighted by Gasteiger charge is -2.39. The summed E-state index contributed by atoms with van der Waals surface area (Å²) in [4.78, 5) is 24.5. The number of halogens is 1. The number of anilines is 2. The molecule has 0 N–H and O–H groups in total. The first kappa shape index (κ1) is 21.1. The molecule has 0 spiro atoms. The first-order valence-corrected chi connectivity index (χ1v) is 11.7. The summed E-state index contributed by atoms with van der Waals surface area (Å²) in [6.07, 6.45) is 3.60. The molecule has 2 aliphatic rings. The summed E-state index contributed by atoms with van der Waals surface area (Å²) in [5, 5.41) is 6.46. The largest absolute Gasteiger partial charge is 0.368 e. The molecule has 0 saturated carbocycles. The second-order valence-electron chi connectivity index (χ2n) is 8.79. The predicted molar refractivity (Wildman–Crippen MR) is 128 cm³/mol. The van der Waals surface area contributed by atoms with E-state index in [-0.39, 0.29) is 5.92 Å². The molecule has 2 aromatic heterocycles. The molecule has 0 radical (unpaired) electrons. The Hall–Kier alpha value is -2.80. The molecule has 3 aromatic rings. The SMILES string of the molecule is Cc1nn(C)c2c(N3CCC(C(=O)N4CCN(c5ccc(Cl)cc5)CC4)CC3)nccc12. The highest BCUT2D eigenvalue weighted by Crippen LogP contribution is 2.30. The van der Waals surface area contributed by atoms with Gasteiger partial charge in [0, 0.05) is 74.5 Å². The van der Waals surface area contributed by atoms with Crippen LogP contribution < -0.4 is 9.80 Å². The first-order chi connectivity index (χ1) is 15.5. The number of amides is 1. The number of pyridine rings is 1. The maximum absolute atomic E-state index is 13.2. The number of benzene rings is 1. The maximum atomic E-state index is 13.2. The highest BCUT2D eigenvalue weighted by molar-refractivity contribution is 6.30. The van der Waals surface area contributed by atoms with Gasteiger partial charge in [-0.05, 0) is 50.1 Å². The average molecular weight is 453 g/mol. The molecule has 8 heteroatoms. The van der Waals surface area contributed by atoms with Crippen LogP contribution >= 0.6 is 11.6 Å². The summed E-state index contributed by atoms with van der Waals surface area (Å²) in [7, 11) is 1.97. The van der Waals surface area contributed by atoms with E-state index in [9.17, 15) is 4.79 Å². The van der Waals surface area contributed by atoms with Crippen molar-refractivity contribution in [1.29, 1.82) is 0 Å². The van der Waals surface area contributed by atoms with Crippen LogP contribution in [0, 0.1) is 12.8 Å². The molecule has 168 valence electrons. The van der Waals surface area contributed by atoms with Crippen LogP contribution in [0.2, 0.25) is 5.02 Å². The monoisotopic (exact) mass is 452 g/mol. The van der Waals surface area contributed by atoms with Gasteiger partial charge in [0.15, 0.2) is 5.82 Å². The lowest BCUT2D eigenvalue weighted by molar-refractivity contribution is -0.136. The van der Waals surface area contributed by atoms with Gasteiger partial charge in [-0.1, -0.05) is 11.6 Å². The van der Waals surface area contributed by atoms with Crippen molar-refractivity contribution in [1.82, 2.24) is 19.7 Å². The summed E-state index contributed by atoms with van der Waals surface area (Å²) in [6.45, 7) is 6.99. The Bertz CT molecular complexity index is 1110. The number of aryl methyl sites for hydroxylation is 2. The molecule has 2 aliphatic heterocycles. The third-order valence-electron chi connectivity index (χ3n) is 6.85. The lowest BCUT2D eigenvalue weighted by Crippen LogP contribution is -2.51. The molecular formula is C24H29ClN6O. The first-order valence-electron chi connectivity index (χ1n) is 11.3. The van der Waals surface area contributed by atoms with Crippen LogP contribution in [0.5, 0.6) is 0 Å². The van der Waals surface area contributed by atoms with E-state index in [0.717, 1.165) is 79.5 Å². The molecule has 4 heterocycles. The number of rotatable bonds is 3. The van der Waals surface area contributed by atoms with Crippen LogP contribution in [-0.4, -0.2) is 64.8 Å². The minimum Gasteiger partial charge on any atom is -0.368 e. The highest BCUT2D eigenvalue weighted by Gasteiger charge is 2.31. The van der Waals surface area contributed by atoms with Crippen molar-refractivity contribution < 1.29 is 4.79 Å². The fourth-order valence-corrected chi connectivity index (χ4v) is 5.17. The highest BCUT2D eigenvalue weighted by atomic mass is 35.5. The van der Waals surface area contributed by atoms with Gasteiger partial charge in [-0.25, -0.2) is 4.98 Å². The van der Waals surface area contributed by atoms with E-state index in [1.165, 1.54) is 5.69 Å². The van der Waals surface area contributed by atoms with Crippen molar-refractivity contribution in [3.63, 3.8) is 0 Å². The fraction of sp³-hybridized carbons (Fsp3) is 0.458. The van der Waals surface area contributed by atoms with E-state index in [1.54, 1.807) is 0 Å². The van der Waals surface area contributed by atoms with Crippen LogP contribution in [0.4, 0.5) is 11.5 Å². The van der Waals surface area contributed by atoms with Gasteiger partial charge in [-0.15, -0.1) is 0 Å². The standard InChI is InChI=1S/C24H29ClN6O/c1-17-21-7-10-26-23(22(21)28(2)27-17)30-11-8-18(9-12-30)24(32)31-15-13-29(14-16-31)20-5-3-19(25)4-6-20/h3-7,10,18H,8-9,11-16H2,1-2H3. The summed E-state index contributed by atoms with van der Waals surface area (Å²) in [6, 6.07) is 9.97. The van der Waals surface area contributed by atoms with E-state index < -0.39 is 0 Å². The van der Waals surface area contributed by atoms with E-state index in [0.29, 0.717) is 5.91 Å². The van der Waals surface area contributed by atoms with Crippen molar-refractivity contribution in [3.05, 3.63) is 47.2 Å². The smallest absolute Gasteiger partial charge is 0.225 e. The van der Waals surface area contributed by atoms with E-state index in [4.69, 9.17) is 11.6 Å². The molecule has 2 fully saturated rings. The second-order valence-corrected chi connectivity index (χ2v) is 9.23. The number of carbonyl (C=O) groups excluding carboxylic acids is 1. The summed E-state index contributed by atoms with van der Waals surface area (Å²) in [5.74, 6) is 1.39. The molecule has 0 aliphatic carbocycles. The van der Waals surface area contributed by atoms with E-state index >= 15 is 0 Å². The molecule has 0 unspecified atom stereocenters. The maximum Gasteiger partial charge on any atom is 0.225 e. The summed E-state index contributed by atoms with van der Waals surface area (Å²) < 4.78 is 1.92. The van der Waals surface area contributed by atoms with Gasteiger partial charge in [-0.3, -0.25) is 9.48 Å². The number of carbonyl (C=O) groups is 1. The van der Waals surface area contributed by atoms with Crippen LogP contribution in [-0.2, 0) is 11.8 Å². The summed E-state index contributed by atoms with van der Waals surface area (Å²) in [5.41, 5.74) is 3.27. The number of fused-ring (bicyclic) bond motifs is 1. The van der Waals surface area contributed by atoms with Gasteiger partial charge in [0.25, 0.3) is 0 Å². The molecule has 2 saturated heterocycles. The van der Waals surface area contributed by atoms with Crippen molar-refractivity contribution in [3.8, 4) is 0 Å². The van der Waals surface area contributed by atoms with Crippen molar-refractivity contribution >= 4 is 39.9 Å². The van der Waals surface area contributed by atoms with Crippen LogP contribution in [0.25, 0.3) is 10.9 Å². The normalized spacial score (nSPS) is 17.9. The number of piperazine rings is 1. The predicted octanol–water partition coefficient (Wildman–Crippen LogP) is 3.50. The molecule has 1 amide bonds. The van der Waals surface area contributed by atoms with Crippen LogP contribution in [0.15, 0.2) is 36.5 Å². The Morgan fingerprint density at radius 3 is 2.34 bits per heavy atom. The number of nitrogens with zero attached hydrogens (tertiary/aromatic N) is 6. The molecule has 7 nitrogen and oxygen atoms in total. The van der Waals surface area contributed by atoms with Crippen LogP contribution in [0.3, 0.4) is 0 Å². The second kappa shape index (κ2) is 8.62. The minimum atomic E-state index is 0.0980. The van der Waals surface area contributed by atoms with Crippen LogP contribution in [0.1, 0.15) is 18.5 Å². The molecule has 5 rings (SSSR count). The zero-order valence-electron chi connectivity index (χ0n) is 18.7. The van der Waals surface area contributed by atoms with Gasteiger partial charge < -0.3 is 14.7 Å². The zero-order valence-corrected chi connectivity index (χ0v) is 19.4. The third-order valence-corrected chi connectivity index (χ3v) is 7.10. The third kappa shape index (κ3) is 3.90. The van der Waals surface area contributed by atoms with E-state index in [1.807, 2.05) is 55.2 Å².